The van der Waals surface area contributed by atoms with Crippen LogP contribution in [0, 0.1) is 0 Å². The van der Waals surface area contributed by atoms with E-state index in [2.05, 4.69) is 0 Å². The van der Waals surface area contributed by atoms with Crippen molar-refractivity contribution in [3.63, 3.8) is 0 Å². The van der Waals surface area contributed by atoms with Gasteiger partial charge >= 0.3 is 0 Å². The Kier molecular flexibility index (Phi) is 7.74. The number of hydrogen-bond acceptors (Lipinski definition) is 8. The molecule has 0 unspecified atom stereocenters. The van der Waals surface area contributed by atoms with Crippen molar-refractivity contribution in [2.75, 3.05) is 27.4 Å². The van der Waals surface area contributed by atoms with Crippen LogP contribution in [0.2, 0.25) is 0 Å². The van der Waals surface area contributed by atoms with Crippen molar-refractivity contribution in [1.82, 2.24) is 0 Å². The predicted octanol–water partition coefficient (Wildman–Crippen LogP) is 1.51. The summed E-state index contributed by atoms with van der Waals surface area (Å²) in [5.41, 5.74) is 1.10. The van der Waals surface area contributed by atoms with Crippen LogP contribution >= 0.6 is 0 Å². The van der Waals surface area contributed by atoms with Gasteiger partial charge in [-0.15, -0.1) is 0 Å². The molecule has 0 saturated carbocycles. The average molecular weight is 394 g/mol. The predicted molar refractivity (Wildman–Crippen MR) is 101 cm³/mol. The lowest BCUT2D eigenvalue weighted by atomic mass is 10.0. The molecule has 0 aromatic heterocycles. The molecular formula is C20H26O8. The molecule has 8 heteroatoms. The minimum Gasteiger partial charge on any atom is -0.504 e. The number of aliphatic hydroxyl groups excluding tert-OH is 3. The Labute approximate surface area is 163 Å². The van der Waals surface area contributed by atoms with E-state index in [0.29, 0.717) is 18.4 Å². The van der Waals surface area contributed by atoms with Gasteiger partial charge in [0.05, 0.1) is 20.8 Å². The summed E-state index contributed by atoms with van der Waals surface area (Å²) in [5.74, 6) is 0.0989. The molecule has 0 heterocycles. The van der Waals surface area contributed by atoms with E-state index in [-0.39, 0.29) is 35.4 Å². The number of ether oxygens (including phenoxy) is 3. The van der Waals surface area contributed by atoms with Crippen molar-refractivity contribution in [3.05, 3.63) is 41.5 Å². The molecule has 0 aliphatic rings. The highest BCUT2D eigenvalue weighted by Crippen LogP contribution is 2.40. The molecule has 0 aliphatic heterocycles. The molecule has 0 bridgehead atoms. The molecule has 0 radical (unpaired) electrons. The topological polar surface area (TPSA) is 129 Å². The van der Waals surface area contributed by atoms with Gasteiger partial charge in [0.15, 0.2) is 29.1 Å². The lowest BCUT2D eigenvalue weighted by Crippen LogP contribution is -2.29. The molecule has 2 aromatic carbocycles. The van der Waals surface area contributed by atoms with Gasteiger partial charge in [-0.1, -0.05) is 6.07 Å². The highest BCUT2D eigenvalue weighted by atomic mass is 16.5. The summed E-state index contributed by atoms with van der Waals surface area (Å²) in [5, 5.41) is 49.3. The van der Waals surface area contributed by atoms with Crippen LogP contribution in [-0.4, -0.2) is 59.1 Å². The van der Waals surface area contributed by atoms with Crippen LogP contribution in [-0.2, 0) is 6.42 Å². The highest BCUT2D eigenvalue weighted by molar-refractivity contribution is 5.53. The van der Waals surface area contributed by atoms with E-state index in [4.69, 9.17) is 19.3 Å². The Hall–Kier alpha value is -2.68. The Morgan fingerprint density at radius 3 is 2.25 bits per heavy atom. The second kappa shape index (κ2) is 10.0. The molecule has 28 heavy (non-hydrogen) atoms. The molecule has 2 atom stereocenters. The summed E-state index contributed by atoms with van der Waals surface area (Å²) in [6, 6.07) is 7.41. The number of aryl methyl sites for hydroxylation is 1. The molecule has 154 valence electrons. The smallest absolute Gasteiger partial charge is 0.203 e. The molecule has 0 fully saturated rings. The number of phenols is 2. The summed E-state index contributed by atoms with van der Waals surface area (Å²) in [7, 11) is 2.79. The molecule has 0 amide bonds. The fourth-order valence-electron chi connectivity index (χ4n) is 2.79. The van der Waals surface area contributed by atoms with Gasteiger partial charge in [-0.3, -0.25) is 0 Å². The van der Waals surface area contributed by atoms with Gasteiger partial charge in [0, 0.05) is 6.61 Å². The summed E-state index contributed by atoms with van der Waals surface area (Å²) in [4.78, 5) is 0. The zero-order valence-electron chi connectivity index (χ0n) is 15.8. The maximum atomic E-state index is 10.6. The van der Waals surface area contributed by atoms with Gasteiger partial charge in [-0.2, -0.15) is 0 Å². The lowest BCUT2D eigenvalue weighted by Gasteiger charge is -2.25. The summed E-state index contributed by atoms with van der Waals surface area (Å²) in [6.45, 7) is -0.518. The van der Waals surface area contributed by atoms with Gasteiger partial charge < -0.3 is 39.7 Å². The SMILES string of the molecule is COc1cc([C@H](O)[C@@H](CO)Oc2c(O)cc(CCCO)cc2OC)ccc1O. The van der Waals surface area contributed by atoms with Crippen LogP contribution in [0.4, 0.5) is 0 Å². The van der Waals surface area contributed by atoms with E-state index in [1.807, 2.05) is 0 Å². The van der Waals surface area contributed by atoms with E-state index in [1.165, 1.54) is 38.5 Å². The minimum absolute atomic E-state index is 0.0147. The fourth-order valence-corrected chi connectivity index (χ4v) is 2.79. The quantitative estimate of drug-likeness (QED) is 0.410. The Balaban J connectivity index is 2.28. The second-order valence-electron chi connectivity index (χ2n) is 6.19. The number of phenolic OH excluding ortho intramolecular Hbond substituents is 2. The van der Waals surface area contributed by atoms with Crippen molar-refractivity contribution in [3.8, 4) is 28.7 Å². The molecule has 8 nitrogen and oxygen atoms in total. The van der Waals surface area contributed by atoms with Crippen LogP contribution in [0.15, 0.2) is 30.3 Å². The number of hydrogen-bond donors (Lipinski definition) is 5. The van der Waals surface area contributed by atoms with Crippen LogP contribution < -0.4 is 14.2 Å². The first kappa shape index (κ1) is 21.6. The minimum atomic E-state index is -1.27. The Morgan fingerprint density at radius 2 is 1.64 bits per heavy atom. The standard InChI is InChI=1S/C20H26O8/c1-26-16-10-13(5-6-14(16)23)19(25)18(11-22)28-20-15(24)8-12(4-3-7-21)9-17(20)27-2/h5-6,8-10,18-19,21-25H,3-4,7,11H2,1-2H3/t18-,19+/m1/s1. The van der Waals surface area contributed by atoms with E-state index < -0.39 is 18.8 Å². The van der Waals surface area contributed by atoms with Crippen molar-refractivity contribution in [2.24, 2.45) is 0 Å². The van der Waals surface area contributed by atoms with E-state index in [1.54, 1.807) is 6.07 Å². The zero-order chi connectivity index (χ0) is 20.7. The molecule has 0 aliphatic carbocycles. The van der Waals surface area contributed by atoms with E-state index in [9.17, 15) is 20.4 Å². The van der Waals surface area contributed by atoms with Gasteiger partial charge in [0.2, 0.25) is 5.75 Å². The normalized spacial score (nSPS) is 13.0. The van der Waals surface area contributed by atoms with Crippen molar-refractivity contribution >= 4 is 0 Å². The molecule has 2 aromatic rings. The number of aromatic hydroxyl groups is 2. The Bertz CT molecular complexity index is 777. The maximum absolute atomic E-state index is 10.6. The van der Waals surface area contributed by atoms with Crippen molar-refractivity contribution < 1.29 is 39.7 Å². The van der Waals surface area contributed by atoms with Crippen molar-refractivity contribution in [1.29, 1.82) is 0 Å². The summed E-state index contributed by atoms with van der Waals surface area (Å²) < 4.78 is 16.0. The zero-order valence-corrected chi connectivity index (χ0v) is 15.8. The van der Waals surface area contributed by atoms with Crippen LogP contribution in [0.1, 0.15) is 23.7 Å². The van der Waals surface area contributed by atoms with Crippen molar-refractivity contribution in [2.45, 2.75) is 25.0 Å². The third-order valence-electron chi connectivity index (χ3n) is 4.29. The highest BCUT2D eigenvalue weighted by Gasteiger charge is 2.26. The van der Waals surface area contributed by atoms with Crippen LogP contribution in [0.3, 0.4) is 0 Å². The third kappa shape index (κ3) is 4.98. The fraction of sp³-hybridized carbons (Fsp3) is 0.400. The summed E-state index contributed by atoms with van der Waals surface area (Å²) in [6.07, 6.45) is -1.31. The monoisotopic (exact) mass is 394 g/mol. The summed E-state index contributed by atoms with van der Waals surface area (Å²) >= 11 is 0. The first-order chi connectivity index (χ1) is 13.4. The second-order valence-corrected chi connectivity index (χ2v) is 6.19. The number of aliphatic hydroxyl groups is 3. The Morgan fingerprint density at radius 1 is 0.929 bits per heavy atom. The number of methoxy groups -OCH3 is 2. The molecule has 0 spiro atoms. The number of rotatable bonds is 10. The lowest BCUT2D eigenvalue weighted by molar-refractivity contribution is -0.00173. The third-order valence-corrected chi connectivity index (χ3v) is 4.29. The molecule has 5 N–H and O–H groups in total. The molecule has 2 rings (SSSR count). The van der Waals surface area contributed by atoms with Gasteiger partial charge in [0.25, 0.3) is 0 Å². The molecule has 0 saturated heterocycles. The first-order valence-corrected chi connectivity index (χ1v) is 8.78. The average Bonchev–Trinajstić information content (AvgIpc) is 2.71. The first-order valence-electron chi connectivity index (χ1n) is 8.78. The van der Waals surface area contributed by atoms with Crippen LogP contribution in [0.25, 0.3) is 0 Å². The maximum Gasteiger partial charge on any atom is 0.203 e. The van der Waals surface area contributed by atoms with Gasteiger partial charge in [0.1, 0.15) is 6.10 Å². The van der Waals surface area contributed by atoms with Gasteiger partial charge in [-0.05, 0) is 48.2 Å². The van der Waals surface area contributed by atoms with Crippen LogP contribution in [0.5, 0.6) is 28.7 Å². The van der Waals surface area contributed by atoms with E-state index >= 15 is 0 Å². The van der Waals surface area contributed by atoms with Gasteiger partial charge in [-0.25, -0.2) is 0 Å². The van der Waals surface area contributed by atoms with E-state index in [0.717, 1.165) is 5.56 Å². The molecular weight excluding hydrogens is 368 g/mol. The number of benzene rings is 2. The largest absolute Gasteiger partial charge is 0.504 e.